The monoisotopic (exact) mass is 232 g/mol. The fourth-order valence-electron chi connectivity index (χ4n) is 1.92. The lowest BCUT2D eigenvalue weighted by Crippen LogP contribution is -1.72. The van der Waals surface area contributed by atoms with Crippen molar-refractivity contribution in [3.05, 3.63) is 47.0 Å². The van der Waals surface area contributed by atoms with Crippen LogP contribution in [0.1, 0.15) is 5.56 Å². The first-order valence-electron chi connectivity index (χ1n) is 4.83. The Morgan fingerprint density at radius 2 is 1.87 bits per heavy atom. The van der Waals surface area contributed by atoms with Gasteiger partial charge in [0.05, 0.1) is 9.72 Å². The van der Waals surface area contributed by atoms with Gasteiger partial charge in [-0.1, -0.05) is 29.8 Å². The number of thiophene rings is 1. The Kier molecular flexibility index (Phi) is 1.98. The van der Waals surface area contributed by atoms with Crippen molar-refractivity contribution in [2.45, 2.75) is 6.92 Å². The number of rotatable bonds is 0. The van der Waals surface area contributed by atoms with Crippen LogP contribution in [0.25, 0.3) is 20.2 Å². The first-order chi connectivity index (χ1) is 7.25. The average Bonchev–Trinajstić information content (AvgIpc) is 2.57. The minimum Gasteiger partial charge on any atom is -0.134 e. The summed E-state index contributed by atoms with van der Waals surface area (Å²) in [7, 11) is 0. The number of halogens is 1. The van der Waals surface area contributed by atoms with Gasteiger partial charge in [-0.05, 0) is 30.7 Å². The van der Waals surface area contributed by atoms with Gasteiger partial charge in [0, 0.05) is 15.5 Å². The van der Waals surface area contributed by atoms with Crippen molar-refractivity contribution in [2.24, 2.45) is 0 Å². The molecule has 15 heavy (non-hydrogen) atoms. The molecule has 0 saturated heterocycles. The summed E-state index contributed by atoms with van der Waals surface area (Å²) < 4.78 is 2.50. The summed E-state index contributed by atoms with van der Waals surface area (Å²) in [5.41, 5.74) is 1.22. The highest BCUT2D eigenvalue weighted by Gasteiger charge is 2.07. The molecule has 3 rings (SSSR count). The maximum atomic E-state index is 6.24. The lowest BCUT2D eigenvalue weighted by atomic mass is 10.1. The van der Waals surface area contributed by atoms with E-state index in [4.69, 9.17) is 11.6 Å². The molecule has 2 aromatic carbocycles. The summed E-state index contributed by atoms with van der Waals surface area (Å²) >= 11 is 8.01. The summed E-state index contributed by atoms with van der Waals surface area (Å²) in [4.78, 5) is 0. The molecule has 0 unspecified atom stereocenters. The Balaban J connectivity index is 2.61. The van der Waals surface area contributed by atoms with Crippen LogP contribution in [0.15, 0.2) is 36.4 Å². The van der Waals surface area contributed by atoms with Gasteiger partial charge in [-0.15, -0.1) is 11.3 Å². The molecule has 0 saturated carbocycles. The van der Waals surface area contributed by atoms with Gasteiger partial charge in [-0.3, -0.25) is 0 Å². The molecule has 0 aliphatic heterocycles. The molecule has 0 nitrogen and oxygen atoms in total. The van der Waals surface area contributed by atoms with Gasteiger partial charge < -0.3 is 0 Å². The van der Waals surface area contributed by atoms with E-state index in [1.807, 2.05) is 6.07 Å². The lowest BCUT2D eigenvalue weighted by molar-refractivity contribution is 1.52. The third-order valence-electron chi connectivity index (χ3n) is 2.58. The zero-order chi connectivity index (χ0) is 10.4. The molecular formula is C13H9ClS. The molecule has 0 atom stereocenters. The van der Waals surface area contributed by atoms with Crippen molar-refractivity contribution >= 4 is 43.1 Å². The van der Waals surface area contributed by atoms with Crippen LogP contribution in [0.5, 0.6) is 0 Å². The third-order valence-corrected chi connectivity index (χ3v) is 4.21. The summed E-state index contributed by atoms with van der Waals surface area (Å²) in [6, 6.07) is 12.7. The lowest BCUT2D eigenvalue weighted by Gasteiger charge is -1.96. The smallest absolute Gasteiger partial charge is 0.0587 e. The molecule has 1 heterocycles. The van der Waals surface area contributed by atoms with E-state index in [-0.39, 0.29) is 0 Å². The Morgan fingerprint density at radius 3 is 2.73 bits per heavy atom. The van der Waals surface area contributed by atoms with E-state index in [1.54, 1.807) is 11.3 Å². The normalized spacial score (nSPS) is 11.3. The molecule has 0 fully saturated rings. The van der Waals surface area contributed by atoms with E-state index in [1.165, 1.54) is 25.7 Å². The van der Waals surface area contributed by atoms with E-state index in [0.29, 0.717) is 0 Å². The Hall–Kier alpha value is -1.05. The van der Waals surface area contributed by atoms with Crippen LogP contribution < -0.4 is 0 Å². The number of hydrogen-bond donors (Lipinski definition) is 0. The first-order valence-corrected chi connectivity index (χ1v) is 6.02. The van der Waals surface area contributed by atoms with Gasteiger partial charge in [0.25, 0.3) is 0 Å². The largest absolute Gasteiger partial charge is 0.134 e. The quantitative estimate of drug-likeness (QED) is 0.511. The first kappa shape index (κ1) is 9.20. The Labute approximate surface area is 97.1 Å². The van der Waals surface area contributed by atoms with Crippen molar-refractivity contribution < 1.29 is 0 Å². The van der Waals surface area contributed by atoms with Crippen molar-refractivity contribution in [3.63, 3.8) is 0 Å². The molecule has 1 aromatic heterocycles. The van der Waals surface area contributed by atoms with Crippen LogP contribution in [-0.4, -0.2) is 0 Å². The highest BCUT2D eigenvalue weighted by molar-refractivity contribution is 7.26. The van der Waals surface area contributed by atoms with E-state index >= 15 is 0 Å². The summed E-state index contributed by atoms with van der Waals surface area (Å²) in [6.45, 7) is 2.08. The molecule has 0 radical (unpaired) electrons. The van der Waals surface area contributed by atoms with Crippen LogP contribution in [0, 0.1) is 6.92 Å². The van der Waals surface area contributed by atoms with Crippen LogP contribution in [0.3, 0.4) is 0 Å². The minimum absolute atomic E-state index is 0.867. The van der Waals surface area contributed by atoms with E-state index in [9.17, 15) is 0 Å². The zero-order valence-electron chi connectivity index (χ0n) is 8.25. The van der Waals surface area contributed by atoms with Crippen molar-refractivity contribution in [1.29, 1.82) is 0 Å². The van der Waals surface area contributed by atoms with E-state index < -0.39 is 0 Å². The van der Waals surface area contributed by atoms with Crippen molar-refractivity contribution in [2.75, 3.05) is 0 Å². The zero-order valence-corrected chi connectivity index (χ0v) is 9.82. The minimum atomic E-state index is 0.867. The Morgan fingerprint density at radius 1 is 1.07 bits per heavy atom. The maximum Gasteiger partial charge on any atom is 0.0587 e. The highest BCUT2D eigenvalue weighted by Crippen LogP contribution is 2.38. The molecule has 0 aliphatic rings. The highest BCUT2D eigenvalue weighted by atomic mass is 35.5. The van der Waals surface area contributed by atoms with E-state index in [2.05, 4.69) is 37.3 Å². The SMILES string of the molecule is Cc1cc(Cl)c2sc3ccccc3c2c1. The number of fused-ring (bicyclic) bond motifs is 3. The standard InChI is InChI=1S/C13H9ClS/c1-8-6-10-9-4-2-3-5-12(9)15-13(10)11(14)7-8/h2-7H,1H3. The third kappa shape index (κ3) is 1.35. The predicted octanol–water partition coefficient (Wildman–Crippen LogP) is 5.02. The molecule has 0 spiro atoms. The van der Waals surface area contributed by atoms with Crippen LogP contribution >= 0.6 is 22.9 Å². The number of aryl methyl sites for hydroxylation is 1. The van der Waals surface area contributed by atoms with Gasteiger partial charge in [-0.25, -0.2) is 0 Å². The molecule has 0 bridgehead atoms. The van der Waals surface area contributed by atoms with Gasteiger partial charge in [-0.2, -0.15) is 0 Å². The van der Waals surface area contributed by atoms with Gasteiger partial charge >= 0.3 is 0 Å². The summed E-state index contributed by atoms with van der Waals surface area (Å²) in [6.07, 6.45) is 0. The van der Waals surface area contributed by atoms with Gasteiger partial charge in [0.1, 0.15) is 0 Å². The number of benzene rings is 2. The van der Waals surface area contributed by atoms with Crippen LogP contribution in [-0.2, 0) is 0 Å². The van der Waals surface area contributed by atoms with Crippen molar-refractivity contribution in [3.8, 4) is 0 Å². The second-order valence-corrected chi connectivity index (χ2v) is 5.18. The second-order valence-electron chi connectivity index (χ2n) is 3.72. The van der Waals surface area contributed by atoms with Crippen LogP contribution in [0.2, 0.25) is 5.02 Å². The van der Waals surface area contributed by atoms with E-state index in [0.717, 1.165) is 5.02 Å². The molecule has 0 amide bonds. The number of hydrogen-bond acceptors (Lipinski definition) is 1. The maximum absolute atomic E-state index is 6.24. The molecule has 74 valence electrons. The second kappa shape index (κ2) is 3.22. The van der Waals surface area contributed by atoms with Gasteiger partial charge in [0.2, 0.25) is 0 Å². The molecule has 0 aliphatic carbocycles. The molecule has 0 N–H and O–H groups in total. The summed E-state index contributed by atoms with van der Waals surface area (Å²) in [5.74, 6) is 0. The fraction of sp³-hybridized carbons (Fsp3) is 0.0769. The molecule has 2 heteroatoms. The average molecular weight is 233 g/mol. The Bertz CT molecular complexity index is 652. The topological polar surface area (TPSA) is 0 Å². The van der Waals surface area contributed by atoms with Crippen molar-refractivity contribution in [1.82, 2.24) is 0 Å². The molecular weight excluding hydrogens is 224 g/mol. The predicted molar refractivity (Wildman–Crippen MR) is 69.1 cm³/mol. The fourth-order valence-corrected chi connectivity index (χ4v) is 3.40. The van der Waals surface area contributed by atoms with Crippen LogP contribution in [0.4, 0.5) is 0 Å². The van der Waals surface area contributed by atoms with Gasteiger partial charge in [0.15, 0.2) is 0 Å². The summed E-state index contributed by atoms with van der Waals surface area (Å²) in [5, 5.41) is 3.45. The molecule has 3 aromatic rings.